The largest absolute Gasteiger partial charge is 0.396 e. The lowest BCUT2D eigenvalue weighted by Gasteiger charge is -2.14. The Morgan fingerprint density at radius 2 is 2.44 bits per heavy atom. The van der Waals surface area contributed by atoms with E-state index in [4.69, 9.17) is 10.4 Å². The molecule has 1 heterocycles. The van der Waals surface area contributed by atoms with Crippen molar-refractivity contribution in [2.24, 2.45) is 5.92 Å². The standard InChI is InChI=1S/C12H17N3O/c1-2-10(4-6-16)9-15-12-7-11(8-13)3-5-14-12/h3,5,7,10,16H,2,4,6,9H2,1H3,(H,14,15). The van der Waals surface area contributed by atoms with Crippen LogP contribution in [0, 0.1) is 17.2 Å². The number of rotatable bonds is 6. The molecule has 4 nitrogen and oxygen atoms in total. The summed E-state index contributed by atoms with van der Waals surface area (Å²) in [7, 11) is 0. The Balaban J connectivity index is 2.50. The van der Waals surface area contributed by atoms with E-state index in [0.717, 1.165) is 25.2 Å². The molecule has 0 fully saturated rings. The van der Waals surface area contributed by atoms with E-state index in [1.807, 2.05) is 0 Å². The third-order valence-corrected chi connectivity index (χ3v) is 2.58. The SMILES string of the molecule is CCC(CCO)CNc1cc(C#N)ccn1. The number of hydrogen-bond donors (Lipinski definition) is 2. The van der Waals surface area contributed by atoms with E-state index in [-0.39, 0.29) is 6.61 Å². The van der Waals surface area contributed by atoms with E-state index in [1.54, 1.807) is 18.3 Å². The Hall–Kier alpha value is -1.60. The lowest BCUT2D eigenvalue weighted by atomic mass is 10.0. The highest BCUT2D eigenvalue weighted by molar-refractivity contribution is 5.42. The molecule has 0 amide bonds. The maximum atomic E-state index is 8.86. The summed E-state index contributed by atoms with van der Waals surface area (Å²) in [5, 5.41) is 20.8. The number of aliphatic hydroxyl groups excluding tert-OH is 1. The molecule has 0 saturated carbocycles. The second-order valence-electron chi connectivity index (χ2n) is 3.71. The third-order valence-electron chi connectivity index (χ3n) is 2.58. The van der Waals surface area contributed by atoms with Crippen molar-refractivity contribution in [3.8, 4) is 6.07 Å². The number of nitrogens with one attached hydrogen (secondary N) is 1. The summed E-state index contributed by atoms with van der Waals surface area (Å²) in [6.45, 7) is 3.09. The number of pyridine rings is 1. The number of aliphatic hydroxyl groups is 1. The van der Waals surface area contributed by atoms with Gasteiger partial charge in [0.2, 0.25) is 0 Å². The van der Waals surface area contributed by atoms with Gasteiger partial charge in [0.25, 0.3) is 0 Å². The minimum absolute atomic E-state index is 0.214. The van der Waals surface area contributed by atoms with Gasteiger partial charge in [-0.2, -0.15) is 5.26 Å². The molecule has 0 aliphatic carbocycles. The fraction of sp³-hybridized carbons (Fsp3) is 0.500. The highest BCUT2D eigenvalue weighted by Gasteiger charge is 2.05. The average molecular weight is 219 g/mol. The highest BCUT2D eigenvalue weighted by atomic mass is 16.3. The zero-order chi connectivity index (χ0) is 11.8. The van der Waals surface area contributed by atoms with Crippen LogP contribution >= 0.6 is 0 Å². The van der Waals surface area contributed by atoms with Gasteiger partial charge in [-0.05, 0) is 24.5 Å². The van der Waals surface area contributed by atoms with Crippen LogP contribution in [0.5, 0.6) is 0 Å². The summed E-state index contributed by atoms with van der Waals surface area (Å²) in [5.41, 5.74) is 0.604. The van der Waals surface area contributed by atoms with Crippen molar-refractivity contribution in [3.63, 3.8) is 0 Å². The highest BCUT2D eigenvalue weighted by Crippen LogP contribution is 2.10. The Labute approximate surface area is 95.9 Å². The van der Waals surface area contributed by atoms with E-state index in [9.17, 15) is 0 Å². The molecule has 0 aliphatic rings. The van der Waals surface area contributed by atoms with Gasteiger partial charge in [0.05, 0.1) is 11.6 Å². The van der Waals surface area contributed by atoms with Gasteiger partial charge < -0.3 is 10.4 Å². The molecule has 0 bridgehead atoms. The van der Waals surface area contributed by atoms with Gasteiger partial charge in [-0.1, -0.05) is 13.3 Å². The van der Waals surface area contributed by atoms with Crippen molar-refractivity contribution in [2.45, 2.75) is 19.8 Å². The summed E-state index contributed by atoms with van der Waals surface area (Å²) in [4.78, 5) is 4.13. The second kappa shape index (κ2) is 6.81. The second-order valence-corrected chi connectivity index (χ2v) is 3.71. The minimum atomic E-state index is 0.214. The van der Waals surface area contributed by atoms with Crippen molar-refractivity contribution >= 4 is 5.82 Å². The molecule has 4 heteroatoms. The molecule has 0 spiro atoms. The third kappa shape index (κ3) is 3.87. The fourth-order valence-corrected chi connectivity index (χ4v) is 1.48. The van der Waals surface area contributed by atoms with E-state index in [2.05, 4.69) is 23.3 Å². The van der Waals surface area contributed by atoms with E-state index in [1.165, 1.54) is 0 Å². The Morgan fingerprint density at radius 1 is 1.62 bits per heavy atom. The first-order valence-corrected chi connectivity index (χ1v) is 5.51. The normalized spacial score (nSPS) is 11.8. The quantitative estimate of drug-likeness (QED) is 0.765. The molecule has 0 aromatic carbocycles. The summed E-state index contributed by atoms with van der Waals surface area (Å²) in [5.74, 6) is 1.16. The number of hydrogen-bond acceptors (Lipinski definition) is 4. The molecule has 1 aromatic rings. The Morgan fingerprint density at radius 3 is 3.06 bits per heavy atom. The van der Waals surface area contributed by atoms with Crippen LogP contribution in [0.4, 0.5) is 5.82 Å². The van der Waals surface area contributed by atoms with Gasteiger partial charge >= 0.3 is 0 Å². The molecule has 16 heavy (non-hydrogen) atoms. The first-order chi connectivity index (χ1) is 7.80. The van der Waals surface area contributed by atoms with Crippen molar-refractivity contribution in [1.29, 1.82) is 5.26 Å². The van der Waals surface area contributed by atoms with Gasteiger partial charge in [0.15, 0.2) is 0 Å². The molecule has 1 aromatic heterocycles. The van der Waals surface area contributed by atoms with E-state index in [0.29, 0.717) is 11.5 Å². The molecule has 2 N–H and O–H groups in total. The first kappa shape index (κ1) is 12.5. The van der Waals surface area contributed by atoms with Crippen molar-refractivity contribution < 1.29 is 5.11 Å². The number of anilines is 1. The zero-order valence-corrected chi connectivity index (χ0v) is 9.48. The molecule has 86 valence electrons. The molecule has 1 atom stereocenters. The lowest BCUT2D eigenvalue weighted by Crippen LogP contribution is -2.15. The van der Waals surface area contributed by atoms with Crippen molar-refractivity contribution in [3.05, 3.63) is 23.9 Å². The molecule has 0 radical (unpaired) electrons. The monoisotopic (exact) mass is 219 g/mol. The minimum Gasteiger partial charge on any atom is -0.396 e. The maximum Gasteiger partial charge on any atom is 0.127 e. The van der Waals surface area contributed by atoms with Crippen molar-refractivity contribution in [2.75, 3.05) is 18.5 Å². The molecule has 0 aliphatic heterocycles. The Kier molecular flexibility index (Phi) is 5.30. The van der Waals surface area contributed by atoms with Gasteiger partial charge in [-0.25, -0.2) is 4.98 Å². The molecule has 1 rings (SSSR count). The summed E-state index contributed by atoms with van der Waals surface area (Å²) in [6.07, 6.45) is 3.43. The number of aromatic nitrogens is 1. The maximum absolute atomic E-state index is 8.86. The van der Waals surface area contributed by atoms with Gasteiger partial charge in [0.1, 0.15) is 5.82 Å². The number of nitriles is 1. The molecule has 1 unspecified atom stereocenters. The summed E-state index contributed by atoms with van der Waals surface area (Å²) >= 11 is 0. The predicted octanol–water partition coefficient (Wildman–Crippen LogP) is 1.77. The van der Waals surface area contributed by atoms with Crippen LogP contribution in [-0.4, -0.2) is 23.2 Å². The topological polar surface area (TPSA) is 68.9 Å². The van der Waals surface area contributed by atoms with Crippen LogP contribution in [0.1, 0.15) is 25.3 Å². The van der Waals surface area contributed by atoms with Crippen LogP contribution in [0.15, 0.2) is 18.3 Å². The molecular formula is C12H17N3O. The van der Waals surface area contributed by atoms with Crippen LogP contribution in [-0.2, 0) is 0 Å². The van der Waals surface area contributed by atoms with Gasteiger partial charge in [-0.3, -0.25) is 0 Å². The van der Waals surface area contributed by atoms with Gasteiger partial charge in [0, 0.05) is 19.3 Å². The molecular weight excluding hydrogens is 202 g/mol. The average Bonchev–Trinajstić information content (AvgIpc) is 2.34. The fourth-order valence-electron chi connectivity index (χ4n) is 1.48. The lowest BCUT2D eigenvalue weighted by molar-refractivity contribution is 0.258. The van der Waals surface area contributed by atoms with E-state index < -0.39 is 0 Å². The zero-order valence-electron chi connectivity index (χ0n) is 9.48. The van der Waals surface area contributed by atoms with Crippen LogP contribution in [0.25, 0.3) is 0 Å². The predicted molar refractivity (Wildman–Crippen MR) is 62.9 cm³/mol. The van der Waals surface area contributed by atoms with Crippen molar-refractivity contribution in [1.82, 2.24) is 4.98 Å². The first-order valence-electron chi connectivity index (χ1n) is 5.51. The Bertz CT molecular complexity index is 360. The van der Waals surface area contributed by atoms with Crippen LogP contribution in [0.2, 0.25) is 0 Å². The summed E-state index contributed by atoms with van der Waals surface area (Å²) < 4.78 is 0. The van der Waals surface area contributed by atoms with Crippen LogP contribution in [0.3, 0.4) is 0 Å². The summed E-state index contributed by atoms with van der Waals surface area (Å²) in [6, 6.07) is 5.48. The number of nitrogens with zero attached hydrogens (tertiary/aromatic N) is 2. The van der Waals surface area contributed by atoms with Crippen LogP contribution < -0.4 is 5.32 Å². The smallest absolute Gasteiger partial charge is 0.127 e. The van der Waals surface area contributed by atoms with Gasteiger partial charge in [-0.15, -0.1) is 0 Å². The molecule has 0 saturated heterocycles. The van der Waals surface area contributed by atoms with E-state index >= 15 is 0 Å².